The second-order valence-electron chi connectivity index (χ2n) is 15.2. The maximum Gasteiger partial charge on any atom is 0.262 e. The molecule has 2 N–H and O–H groups in total. The summed E-state index contributed by atoms with van der Waals surface area (Å²) < 4.78 is 28.2. The van der Waals surface area contributed by atoms with Crippen LogP contribution < -0.4 is 30.1 Å². The maximum atomic E-state index is 15.6. The normalized spacial score (nSPS) is 22.3. The molecule has 280 valence electrons. The standard InChI is InChI=1S/C41H44FN7O5/c1-53-31-17-33-38(36(18-31)54-2)41(52)45-39(43-33)25-3-5-28(6-4-25)46-13-11-24(12-14-46)19-49-29-7-8-30(49)23-48(22-29)35-16-27-21-47(20-26(27)15-32(35)42)34-9-10-37(50)44-40(34)51/h3-6,15-18,20-21,24,29-30,34H,7-14,19,22-23H2,1-2H3,(H,43,45,52)(H,44,50,51). The first kappa shape index (κ1) is 34.3. The largest absolute Gasteiger partial charge is 0.497 e. The zero-order valence-corrected chi connectivity index (χ0v) is 30.5. The van der Waals surface area contributed by atoms with E-state index in [1.807, 2.05) is 35.2 Å². The fraction of sp³-hybridized carbons (Fsp3) is 0.415. The second-order valence-corrected chi connectivity index (χ2v) is 15.2. The number of carbonyl (C=O) groups excluding carboxylic acids is 2. The summed E-state index contributed by atoms with van der Waals surface area (Å²) in [5, 5.41) is 4.46. The highest BCUT2D eigenvalue weighted by Gasteiger charge is 2.41. The summed E-state index contributed by atoms with van der Waals surface area (Å²) >= 11 is 0. The number of piperidine rings is 2. The lowest BCUT2D eigenvalue weighted by molar-refractivity contribution is -0.135. The van der Waals surface area contributed by atoms with E-state index in [2.05, 4.69) is 37.1 Å². The number of aromatic amines is 1. The van der Waals surface area contributed by atoms with Crippen LogP contribution in [0.3, 0.4) is 0 Å². The average Bonchev–Trinajstić information content (AvgIpc) is 3.68. The predicted octanol–water partition coefficient (Wildman–Crippen LogP) is 5.25. The summed E-state index contributed by atoms with van der Waals surface area (Å²) in [6, 6.07) is 15.5. The molecule has 12 nitrogen and oxygen atoms in total. The van der Waals surface area contributed by atoms with Crippen LogP contribution in [0.5, 0.6) is 11.5 Å². The molecule has 4 saturated heterocycles. The number of benzene rings is 3. The van der Waals surface area contributed by atoms with Crippen LogP contribution in [0.4, 0.5) is 15.8 Å². The van der Waals surface area contributed by atoms with Gasteiger partial charge in [0.1, 0.15) is 34.6 Å². The Kier molecular flexibility index (Phi) is 8.76. The van der Waals surface area contributed by atoms with Gasteiger partial charge in [-0.2, -0.15) is 0 Å². The van der Waals surface area contributed by atoms with E-state index in [0.29, 0.717) is 64.8 Å². The highest BCUT2D eigenvalue weighted by molar-refractivity contribution is 6.00. The number of ether oxygens (including phenoxy) is 2. The zero-order chi connectivity index (χ0) is 37.1. The monoisotopic (exact) mass is 733 g/mol. The molecule has 9 rings (SSSR count). The average molecular weight is 734 g/mol. The molecule has 6 heterocycles. The summed E-state index contributed by atoms with van der Waals surface area (Å²) in [4.78, 5) is 52.1. The third-order valence-corrected chi connectivity index (χ3v) is 12.1. The van der Waals surface area contributed by atoms with E-state index in [1.165, 1.54) is 7.11 Å². The first-order valence-corrected chi connectivity index (χ1v) is 18.9. The van der Waals surface area contributed by atoms with Gasteiger partial charge in [-0.15, -0.1) is 0 Å². The third kappa shape index (κ3) is 6.23. The lowest BCUT2D eigenvalue weighted by Gasteiger charge is -2.44. The van der Waals surface area contributed by atoms with Gasteiger partial charge in [0.25, 0.3) is 5.56 Å². The topological polar surface area (TPSA) is 125 Å². The number of methoxy groups -OCH3 is 2. The third-order valence-electron chi connectivity index (χ3n) is 12.1. The highest BCUT2D eigenvalue weighted by atomic mass is 19.1. The number of hydrogen-bond donors (Lipinski definition) is 2. The van der Waals surface area contributed by atoms with E-state index in [1.54, 1.807) is 25.3 Å². The minimum absolute atomic E-state index is 0.236. The molecule has 0 spiro atoms. The SMILES string of the molecule is COc1cc(OC)c2c(=O)[nH]c(-c3ccc(N4CCC(CN5C6CCC5CN(c5cc7cn(C8CCC(=O)NC8=O)cc7cc5F)C6)CC4)cc3)nc2c1. The molecule has 54 heavy (non-hydrogen) atoms. The number of imide groups is 1. The summed E-state index contributed by atoms with van der Waals surface area (Å²) in [6.45, 7) is 4.64. The van der Waals surface area contributed by atoms with E-state index in [-0.39, 0.29) is 23.2 Å². The zero-order valence-electron chi connectivity index (χ0n) is 30.5. The Morgan fingerprint density at radius 3 is 2.26 bits per heavy atom. The minimum Gasteiger partial charge on any atom is -0.497 e. The number of H-pyrrole nitrogens is 1. The molecule has 3 aromatic carbocycles. The fourth-order valence-electron chi connectivity index (χ4n) is 9.18. The molecule has 4 fully saturated rings. The summed E-state index contributed by atoms with van der Waals surface area (Å²) in [6.07, 6.45) is 8.94. The molecule has 5 aromatic rings. The van der Waals surface area contributed by atoms with Gasteiger partial charge in [0.2, 0.25) is 11.8 Å². The maximum absolute atomic E-state index is 15.6. The Hall–Kier alpha value is -5.43. The molecule has 4 aliphatic heterocycles. The van der Waals surface area contributed by atoms with Gasteiger partial charge in [-0.1, -0.05) is 0 Å². The van der Waals surface area contributed by atoms with Gasteiger partial charge in [0.05, 0.1) is 25.4 Å². The van der Waals surface area contributed by atoms with Crippen molar-refractivity contribution in [3.8, 4) is 22.9 Å². The molecule has 3 unspecified atom stereocenters. The Bertz CT molecular complexity index is 2300. The first-order valence-electron chi connectivity index (χ1n) is 18.9. The fourth-order valence-corrected chi connectivity index (χ4v) is 9.18. The van der Waals surface area contributed by atoms with Gasteiger partial charge in [-0.3, -0.25) is 24.6 Å². The summed E-state index contributed by atoms with van der Waals surface area (Å²) in [5.74, 6) is 1.31. The number of hydrogen-bond acceptors (Lipinski definition) is 9. The lowest BCUT2D eigenvalue weighted by atomic mass is 9.94. The molecule has 2 bridgehead atoms. The Morgan fingerprint density at radius 2 is 1.57 bits per heavy atom. The van der Waals surface area contributed by atoms with Crippen LogP contribution in [0.15, 0.2) is 65.7 Å². The summed E-state index contributed by atoms with van der Waals surface area (Å²) in [7, 11) is 3.09. The van der Waals surface area contributed by atoms with E-state index in [4.69, 9.17) is 14.5 Å². The van der Waals surface area contributed by atoms with E-state index < -0.39 is 6.04 Å². The van der Waals surface area contributed by atoms with Gasteiger partial charge in [0, 0.05) is 97.8 Å². The first-order chi connectivity index (χ1) is 26.2. The van der Waals surface area contributed by atoms with Crippen LogP contribution in [0.1, 0.15) is 44.6 Å². The van der Waals surface area contributed by atoms with Crippen LogP contribution in [0.25, 0.3) is 33.1 Å². The van der Waals surface area contributed by atoms with Crippen molar-refractivity contribution in [2.75, 3.05) is 56.7 Å². The molecule has 2 aromatic heterocycles. The molecule has 4 aliphatic rings. The van der Waals surface area contributed by atoms with Crippen molar-refractivity contribution in [1.82, 2.24) is 24.8 Å². The van der Waals surface area contributed by atoms with Gasteiger partial charge < -0.3 is 28.8 Å². The molecule has 0 saturated carbocycles. The quantitative estimate of drug-likeness (QED) is 0.206. The Balaban J connectivity index is 0.822. The number of nitrogens with zero attached hydrogens (tertiary/aromatic N) is 5. The van der Waals surface area contributed by atoms with Crippen molar-refractivity contribution in [1.29, 1.82) is 0 Å². The van der Waals surface area contributed by atoms with Crippen LogP contribution in [0, 0.1) is 11.7 Å². The summed E-state index contributed by atoms with van der Waals surface area (Å²) in [5.41, 5.74) is 2.86. The number of rotatable bonds is 8. The molecule has 0 aliphatic carbocycles. The number of fused-ring (bicyclic) bond motifs is 4. The predicted molar refractivity (Wildman–Crippen MR) is 205 cm³/mol. The van der Waals surface area contributed by atoms with Crippen molar-refractivity contribution < 1.29 is 23.5 Å². The number of amides is 2. The Labute approximate surface area is 311 Å². The van der Waals surface area contributed by atoms with Crippen molar-refractivity contribution >= 4 is 44.9 Å². The number of aromatic nitrogens is 3. The number of nitrogens with one attached hydrogen (secondary N) is 2. The number of carbonyl (C=O) groups is 2. The van der Waals surface area contributed by atoms with Gasteiger partial charge in [-0.05, 0) is 74.4 Å². The van der Waals surface area contributed by atoms with E-state index >= 15 is 4.39 Å². The van der Waals surface area contributed by atoms with Gasteiger partial charge >= 0.3 is 0 Å². The Morgan fingerprint density at radius 1 is 0.852 bits per heavy atom. The van der Waals surface area contributed by atoms with Gasteiger partial charge in [-0.25, -0.2) is 9.37 Å². The number of halogens is 1. The van der Waals surface area contributed by atoms with Crippen molar-refractivity contribution in [3.05, 3.63) is 77.1 Å². The van der Waals surface area contributed by atoms with Crippen LogP contribution >= 0.6 is 0 Å². The smallest absolute Gasteiger partial charge is 0.262 e. The van der Waals surface area contributed by atoms with Gasteiger partial charge in [0.15, 0.2) is 0 Å². The highest BCUT2D eigenvalue weighted by Crippen LogP contribution is 2.38. The molecule has 2 amide bonds. The second kappa shape index (κ2) is 13.8. The molecule has 3 atom stereocenters. The van der Waals surface area contributed by atoms with Crippen molar-refractivity contribution in [2.45, 2.75) is 56.7 Å². The molecular weight excluding hydrogens is 689 g/mol. The van der Waals surface area contributed by atoms with Crippen molar-refractivity contribution in [3.63, 3.8) is 0 Å². The van der Waals surface area contributed by atoms with E-state index in [9.17, 15) is 14.4 Å². The van der Waals surface area contributed by atoms with Crippen LogP contribution in [0.2, 0.25) is 0 Å². The van der Waals surface area contributed by atoms with E-state index in [0.717, 1.165) is 80.4 Å². The molecular formula is C41H44FN7O5. The van der Waals surface area contributed by atoms with Crippen molar-refractivity contribution in [2.24, 2.45) is 5.92 Å². The molecule has 13 heteroatoms. The van der Waals surface area contributed by atoms with Crippen LogP contribution in [-0.4, -0.2) is 90.3 Å². The van der Waals surface area contributed by atoms with Crippen LogP contribution in [-0.2, 0) is 9.59 Å². The lowest BCUT2D eigenvalue weighted by Crippen LogP contribution is -2.55. The number of piperazine rings is 1. The minimum atomic E-state index is -0.461. The number of anilines is 2. The molecule has 0 radical (unpaired) electrons.